The molecule has 1 aromatic carbocycles. The molecule has 1 fully saturated rings. The second-order valence-electron chi connectivity index (χ2n) is 5.69. The lowest BCUT2D eigenvalue weighted by Crippen LogP contribution is -2.41. The molecule has 0 unspecified atom stereocenters. The second-order valence-corrected chi connectivity index (χ2v) is 5.69. The number of benzene rings is 1. The number of ether oxygens (including phenoxy) is 3. The highest BCUT2D eigenvalue weighted by Gasteiger charge is 2.28. The Kier molecular flexibility index (Phi) is 6.99. The molecule has 7 nitrogen and oxygen atoms in total. The van der Waals surface area contributed by atoms with Crippen molar-refractivity contribution in [2.75, 3.05) is 32.1 Å². The molecule has 1 heterocycles. The van der Waals surface area contributed by atoms with Crippen molar-refractivity contribution in [2.24, 2.45) is 5.92 Å². The van der Waals surface area contributed by atoms with E-state index in [9.17, 15) is 18.4 Å². The first-order chi connectivity index (χ1) is 12.4. The number of piperidine rings is 1. The van der Waals surface area contributed by atoms with E-state index in [1.807, 2.05) is 0 Å². The van der Waals surface area contributed by atoms with Crippen LogP contribution >= 0.6 is 0 Å². The van der Waals surface area contributed by atoms with Gasteiger partial charge in [-0.3, -0.25) is 4.79 Å². The number of nitrogens with one attached hydrogen (secondary N) is 1. The number of nitrogens with zero attached hydrogens (tertiary/aromatic N) is 1. The summed E-state index contributed by atoms with van der Waals surface area (Å²) in [6.07, 6.45) is 0.623. The van der Waals surface area contributed by atoms with Crippen molar-refractivity contribution in [3.8, 4) is 11.5 Å². The van der Waals surface area contributed by atoms with E-state index >= 15 is 0 Å². The van der Waals surface area contributed by atoms with Crippen LogP contribution in [0.25, 0.3) is 0 Å². The summed E-state index contributed by atoms with van der Waals surface area (Å²) in [4.78, 5) is 25.6. The number of likely N-dealkylation sites (tertiary alicyclic amines) is 1. The molecule has 1 aliphatic heterocycles. The minimum atomic E-state index is -3.00. The average molecular weight is 372 g/mol. The van der Waals surface area contributed by atoms with Gasteiger partial charge in [0.2, 0.25) is 5.91 Å². The zero-order chi connectivity index (χ0) is 19.1. The molecule has 1 aromatic rings. The number of anilines is 1. The van der Waals surface area contributed by atoms with E-state index in [-0.39, 0.29) is 29.4 Å². The van der Waals surface area contributed by atoms with Gasteiger partial charge >= 0.3 is 12.7 Å². The summed E-state index contributed by atoms with van der Waals surface area (Å²) in [5.74, 6) is -0.521. The first-order valence-electron chi connectivity index (χ1n) is 8.30. The summed E-state index contributed by atoms with van der Waals surface area (Å²) >= 11 is 0. The molecule has 1 saturated heterocycles. The molecule has 2 rings (SSSR count). The van der Waals surface area contributed by atoms with Gasteiger partial charge in [-0.2, -0.15) is 8.78 Å². The van der Waals surface area contributed by atoms with E-state index < -0.39 is 6.61 Å². The first-order valence-corrected chi connectivity index (χ1v) is 8.30. The van der Waals surface area contributed by atoms with E-state index in [1.165, 1.54) is 19.2 Å². The van der Waals surface area contributed by atoms with Crippen LogP contribution in [-0.4, -0.2) is 50.3 Å². The summed E-state index contributed by atoms with van der Waals surface area (Å²) in [7, 11) is 1.34. The topological polar surface area (TPSA) is 77.1 Å². The average Bonchev–Trinajstić information content (AvgIpc) is 2.62. The molecule has 144 valence electrons. The van der Waals surface area contributed by atoms with E-state index in [0.29, 0.717) is 38.2 Å². The van der Waals surface area contributed by atoms with Gasteiger partial charge in [0.05, 0.1) is 13.7 Å². The molecule has 0 atom stereocenters. The fourth-order valence-corrected chi connectivity index (χ4v) is 2.73. The predicted octanol–water partition coefficient (Wildman–Crippen LogP) is 3.10. The molecule has 1 N–H and O–H groups in total. The van der Waals surface area contributed by atoms with Crippen molar-refractivity contribution in [3.63, 3.8) is 0 Å². The molecule has 26 heavy (non-hydrogen) atoms. The van der Waals surface area contributed by atoms with Gasteiger partial charge in [-0.05, 0) is 31.9 Å². The predicted molar refractivity (Wildman–Crippen MR) is 89.6 cm³/mol. The number of alkyl halides is 2. The number of methoxy groups -OCH3 is 1. The van der Waals surface area contributed by atoms with Gasteiger partial charge in [-0.15, -0.1) is 0 Å². The lowest BCUT2D eigenvalue weighted by molar-refractivity contribution is -0.121. The molecule has 0 spiro atoms. The Morgan fingerprint density at radius 3 is 2.54 bits per heavy atom. The number of carbonyl (C=O) groups is 2. The quantitative estimate of drug-likeness (QED) is 0.830. The molecule has 2 amide bonds. The molecule has 0 aliphatic carbocycles. The Balaban J connectivity index is 1.95. The van der Waals surface area contributed by atoms with Crippen molar-refractivity contribution < 1.29 is 32.6 Å². The Bertz CT molecular complexity index is 634. The van der Waals surface area contributed by atoms with Crippen molar-refractivity contribution in [1.82, 2.24) is 4.90 Å². The van der Waals surface area contributed by atoms with E-state index in [4.69, 9.17) is 9.47 Å². The van der Waals surface area contributed by atoms with Crippen LogP contribution in [0.1, 0.15) is 19.8 Å². The van der Waals surface area contributed by atoms with Gasteiger partial charge in [0, 0.05) is 30.8 Å². The van der Waals surface area contributed by atoms with Crippen LogP contribution in [0.5, 0.6) is 11.5 Å². The highest BCUT2D eigenvalue weighted by Crippen LogP contribution is 2.32. The summed E-state index contributed by atoms with van der Waals surface area (Å²) < 4.78 is 39.2. The van der Waals surface area contributed by atoms with Crippen LogP contribution in [0.15, 0.2) is 18.2 Å². The SMILES string of the molecule is CCOC(=O)N1CCC(C(=O)Nc2ccc(OC)c(OC(F)F)c2)CC1. The van der Waals surface area contributed by atoms with Crippen molar-refractivity contribution in [1.29, 1.82) is 0 Å². The van der Waals surface area contributed by atoms with Gasteiger partial charge in [-0.25, -0.2) is 4.79 Å². The van der Waals surface area contributed by atoms with Crippen LogP contribution in [0.3, 0.4) is 0 Å². The highest BCUT2D eigenvalue weighted by atomic mass is 19.3. The fourth-order valence-electron chi connectivity index (χ4n) is 2.73. The van der Waals surface area contributed by atoms with Gasteiger partial charge in [0.25, 0.3) is 0 Å². The number of amides is 2. The lowest BCUT2D eigenvalue weighted by atomic mass is 9.96. The molecule has 0 aromatic heterocycles. The van der Waals surface area contributed by atoms with Gasteiger partial charge in [-0.1, -0.05) is 0 Å². The first kappa shape index (κ1) is 19.7. The number of hydrogen-bond donors (Lipinski definition) is 1. The normalized spacial score (nSPS) is 14.9. The number of carbonyl (C=O) groups excluding carboxylic acids is 2. The van der Waals surface area contributed by atoms with Gasteiger partial charge in [0.15, 0.2) is 11.5 Å². The van der Waals surface area contributed by atoms with E-state index in [0.717, 1.165) is 0 Å². The van der Waals surface area contributed by atoms with E-state index in [1.54, 1.807) is 17.9 Å². The Morgan fingerprint density at radius 2 is 1.96 bits per heavy atom. The van der Waals surface area contributed by atoms with Gasteiger partial charge < -0.3 is 24.4 Å². The van der Waals surface area contributed by atoms with Crippen molar-refractivity contribution >= 4 is 17.7 Å². The maximum Gasteiger partial charge on any atom is 0.409 e. The fraction of sp³-hybridized carbons (Fsp3) is 0.529. The Hall–Kier alpha value is -2.58. The molecule has 9 heteroatoms. The standard InChI is InChI=1S/C17H22F2N2O5/c1-3-25-17(23)21-8-6-11(7-9-21)15(22)20-12-4-5-13(24-2)14(10-12)26-16(18)19/h4-5,10-11,16H,3,6-9H2,1-2H3,(H,20,22). The summed E-state index contributed by atoms with van der Waals surface area (Å²) in [5, 5.41) is 2.69. The number of rotatable bonds is 6. The van der Waals surface area contributed by atoms with Gasteiger partial charge in [0.1, 0.15) is 0 Å². The third-order valence-electron chi connectivity index (χ3n) is 4.04. The van der Waals surface area contributed by atoms with Crippen molar-refractivity contribution in [3.05, 3.63) is 18.2 Å². The smallest absolute Gasteiger partial charge is 0.409 e. The maximum absolute atomic E-state index is 12.5. The lowest BCUT2D eigenvalue weighted by Gasteiger charge is -2.30. The summed E-state index contributed by atoms with van der Waals surface area (Å²) in [6.45, 7) is -0.0980. The minimum absolute atomic E-state index is 0.144. The minimum Gasteiger partial charge on any atom is -0.493 e. The van der Waals surface area contributed by atoms with Crippen LogP contribution < -0.4 is 14.8 Å². The highest BCUT2D eigenvalue weighted by molar-refractivity contribution is 5.93. The summed E-state index contributed by atoms with van der Waals surface area (Å²) in [6, 6.07) is 4.27. The molecule has 0 radical (unpaired) electrons. The molecular weight excluding hydrogens is 350 g/mol. The molecular formula is C17H22F2N2O5. The largest absolute Gasteiger partial charge is 0.493 e. The zero-order valence-electron chi connectivity index (χ0n) is 14.7. The molecule has 1 aliphatic rings. The van der Waals surface area contributed by atoms with Crippen LogP contribution in [0.2, 0.25) is 0 Å². The third kappa shape index (κ3) is 5.21. The molecule has 0 bridgehead atoms. The van der Waals surface area contributed by atoms with Crippen LogP contribution in [0.4, 0.5) is 19.3 Å². The third-order valence-corrected chi connectivity index (χ3v) is 4.04. The van der Waals surface area contributed by atoms with Crippen molar-refractivity contribution in [2.45, 2.75) is 26.4 Å². The zero-order valence-corrected chi connectivity index (χ0v) is 14.7. The second kappa shape index (κ2) is 9.21. The Morgan fingerprint density at radius 1 is 1.27 bits per heavy atom. The van der Waals surface area contributed by atoms with E-state index in [2.05, 4.69) is 10.1 Å². The monoisotopic (exact) mass is 372 g/mol. The van der Waals surface area contributed by atoms with Crippen LogP contribution in [0, 0.1) is 5.92 Å². The molecule has 0 saturated carbocycles. The van der Waals surface area contributed by atoms with Crippen LogP contribution in [-0.2, 0) is 9.53 Å². The number of halogens is 2. The number of hydrogen-bond acceptors (Lipinski definition) is 5. The summed E-state index contributed by atoms with van der Waals surface area (Å²) in [5.41, 5.74) is 0.333. The Labute approximate surface area is 150 Å². The maximum atomic E-state index is 12.5.